The molecule has 0 aliphatic carbocycles. The number of fused-ring (bicyclic) bond motifs is 1. The van der Waals surface area contributed by atoms with E-state index >= 15 is 0 Å². The second-order valence-corrected chi connectivity index (χ2v) is 5.90. The number of hydrogen-bond acceptors (Lipinski definition) is 4. The normalized spacial score (nSPS) is 23.1. The third-order valence-corrected chi connectivity index (χ3v) is 4.48. The van der Waals surface area contributed by atoms with Gasteiger partial charge in [0.05, 0.1) is 17.5 Å². The van der Waals surface area contributed by atoms with Gasteiger partial charge in [-0.3, -0.25) is 4.99 Å². The zero-order valence-electron chi connectivity index (χ0n) is 10.2. The van der Waals surface area contributed by atoms with Crippen LogP contribution < -0.4 is 10.2 Å². The summed E-state index contributed by atoms with van der Waals surface area (Å²) in [6, 6.07) is 6.68. The Labute approximate surface area is 106 Å². The van der Waals surface area contributed by atoms with Crippen LogP contribution in [0.2, 0.25) is 0 Å². The molecule has 1 unspecified atom stereocenters. The Morgan fingerprint density at radius 1 is 1.47 bits per heavy atom. The van der Waals surface area contributed by atoms with Crippen molar-refractivity contribution in [1.29, 1.82) is 0 Å². The average molecular weight is 247 g/mol. The van der Waals surface area contributed by atoms with Crippen molar-refractivity contribution in [3.8, 4) is 0 Å². The number of aryl methyl sites for hydroxylation is 1. The first-order valence-corrected chi connectivity index (χ1v) is 6.88. The summed E-state index contributed by atoms with van der Waals surface area (Å²) in [4.78, 5) is 8.25. The maximum Gasteiger partial charge on any atom is 0.112 e. The molecule has 0 aromatic heterocycles. The summed E-state index contributed by atoms with van der Waals surface area (Å²) in [5.41, 5.74) is 2.67. The highest BCUT2D eigenvalue weighted by atomic mass is 32.2. The zero-order chi connectivity index (χ0) is 11.8. The van der Waals surface area contributed by atoms with E-state index < -0.39 is 0 Å². The van der Waals surface area contributed by atoms with Crippen molar-refractivity contribution in [2.75, 3.05) is 31.6 Å². The fourth-order valence-corrected chi connectivity index (χ4v) is 3.82. The molecule has 2 aliphatic heterocycles. The SMILES string of the molecule is Cc1ccc2c(c1)SC(C1=NCCN1)CN2C. The van der Waals surface area contributed by atoms with Gasteiger partial charge in [0.25, 0.3) is 0 Å². The van der Waals surface area contributed by atoms with Gasteiger partial charge in [-0.05, 0) is 24.6 Å². The number of benzene rings is 1. The summed E-state index contributed by atoms with van der Waals surface area (Å²) in [5, 5.41) is 3.85. The molecule has 3 rings (SSSR count). The van der Waals surface area contributed by atoms with Crippen LogP contribution in [-0.2, 0) is 0 Å². The van der Waals surface area contributed by atoms with E-state index in [1.807, 2.05) is 11.8 Å². The highest BCUT2D eigenvalue weighted by Gasteiger charge is 2.27. The summed E-state index contributed by atoms with van der Waals surface area (Å²) in [7, 11) is 2.16. The molecule has 2 aliphatic rings. The topological polar surface area (TPSA) is 27.6 Å². The van der Waals surface area contributed by atoms with Crippen molar-refractivity contribution in [2.24, 2.45) is 4.99 Å². The molecule has 0 saturated carbocycles. The molecule has 3 nitrogen and oxygen atoms in total. The van der Waals surface area contributed by atoms with E-state index in [9.17, 15) is 0 Å². The lowest BCUT2D eigenvalue weighted by molar-refractivity contribution is 0.877. The van der Waals surface area contributed by atoms with E-state index in [-0.39, 0.29) is 0 Å². The summed E-state index contributed by atoms with van der Waals surface area (Å²) in [6.07, 6.45) is 0. The van der Waals surface area contributed by atoms with E-state index in [0.717, 1.165) is 19.6 Å². The minimum Gasteiger partial charge on any atom is -0.372 e. The van der Waals surface area contributed by atoms with Gasteiger partial charge >= 0.3 is 0 Å². The number of nitrogens with one attached hydrogen (secondary N) is 1. The number of thioether (sulfide) groups is 1. The van der Waals surface area contributed by atoms with Crippen LogP contribution in [0.3, 0.4) is 0 Å². The van der Waals surface area contributed by atoms with Crippen LogP contribution in [0.25, 0.3) is 0 Å². The largest absolute Gasteiger partial charge is 0.372 e. The molecule has 0 saturated heterocycles. The molecule has 17 heavy (non-hydrogen) atoms. The third kappa shape index (κ3) is 2.02. The first-order valence-electron chi connectivity index (χ1n) is 6.01. The minimum absolute atomic E-state index is 0.455. The Bertz CT molecular complexity index is 470. The molecule has 1 aromatic rings. The van der Waals surface area contributed by atoms with E-state index in [0.29, 0.717) is 5.25 Å². The molecule has 1 N–H and O–H groups in total. The fraction of sp³-hybridized carbons (Fsp3) is 0.462. The van der Waals surface area contributed by atoms with Crippen LogP contribution in [0.15, 0.2) is 28.1 Å². The monoisotopic (exact) mass is 247 g/mol. The number of anilines is 1. The molecule has 90 valence electrons. The second kappa shape index (κ2) is 4.26. The maximum atomic E-state index is 4.55. The van der Waals surface area contributed by atoms with E-state index in [4.69, 9.17) is 0 Å². The number of amidine groups is 1. The van der Waals surface area contributed by atoms with Crippen LogP contribution in [-0.4, -0.2) is 37.8 Å². The smallest absolute Gasteiger partial charge is 0.112 e. The Kier molecular flexibility index (Phi) is 2.74. The van der Waals surface area contributed by atoms with Gasteiger partial charge in [-0.25, -0.2) is 0 Å². The van der Waals surface area contributed by atoms with Crippen molar-refractivity contribution in [3.05, 3.63) is 23.8 Å². The van der Waals surface area contributed by atoms with Crippen molar-refractivity contribution in [3.63, 3.8) is 0 Å². The molecule has 0 spiro atoms. The van der Waals surface area contributed by atoms with Gasteiger partial charge in [0.15, 0.2) is 0 Å². The Hall–Kier alpha value is -1.16. The van der Waals surface area contributed by atoms with Crippen LogP contribution in [0, 0.1) is 6.92 Å². The zero-order valence-corrected chi connectivity index (χ0v) is 11.0. The molecule has 0 radical (unpaired) electrons. The third-order valence-electron chi connectivity index (χ3n) is 3.24. The Morgan fingerprint density at radius 3 is 3.12 bits per heavy atom. The molecule has 0 amide bonds. The number of aliphatic imine (C=N–C) groups is 1. The molecule has 1 atom stereocenters. The van der Waals surface area contributed by atoms with Gasteiger partial charge in [0, 0.05) is 25.0 Å². The number of nitrogens with zero attached hydrogens (tertiary/aromatic N) is 2. The van der Waals surface area contributed by atoms with Crippen LogP contribution in [0.1, 0.15) is 5.56 Å². The highest BCUT2D eigenvalue weighted by molar-refractivity contribution is 8.01. The summed E-state index contributed by atoms with van der Waals surface area (Å²) >= 11 is 1.94. The highest BCUT2D eigenvalue weighted by Crippen LogP contribution is 2.38. The first-order chi connectivity index (χ1) is 8.24. The summed E-state index contributed by atoms with van der Waals surface area (Å²) < 4.78 is 0. The van der Waals surface area contributed by atoms with Crippen LogP contribution in [0.4, 0.5) is 5.69 Å². The summed E-state index contributed by atoms with van der Waals surface area (Å²) in [6.45, 7) is 5.11. The molecule has 0 bridgehead atoms. The predicted octanol–water partition coefficient (Wildman–Crippen LogP) is 1.91. The standard InChI is InChI=1S/C13H17N3S/c1-9-3-4-10-11(7-9)17-12(8-16(10)2)13-14-5-6-15-13/h3-4,7,12H,5-6,8H2,1-2H3,(H,14,15). The first kappa shape index (κ1) is 11.0. The average Bonchev–Trinajstić information content (AvgIpc) is 2.81. The minimum atomic E-state index is 0.455. The van der Waals surface area contributed by atoms with E-state index in [1.165, 1.54) is 22.0 Å². The van der Waals surface area contributed by atoms with Gasteiger partial charge in [-0.2, -0.15) is 0 Å². The van der Waals surface area contributed by atoms with Crippen molar-refractivity contribution >= 4 is 23.3 Å². The molecular formula is C13H17N3S. The lowest BCUT2D eigenvalue weighted by Gasteiger charge is -2.33. The van der Waals surface area contributed by atoms with Crippen molar-refractivity contribution < 1.29 is 0 Å². The van der Waals surface area contributed by atoms with Gasteiger partial charge in [0.1, 0.15) is 5.84 Å². The van der Waals surface area contributed by atoms with Gasteiger partial charge in [0.2, 0.25) is 0 Å². The lowest BCUT2D eigenvalue weighted by atomic mass is 10.2. The second-order valence-electron chi connectivity index (χ2n) is 4.65. The molecule has 0 fully saturated rings. The molecule has 4 heteroatoms. The molecule has 2 heterocycles. The van der Waals surface area contributed by atoms with Crippen LogP contribution in [0.5, 0.6) is 0 Å². The number of hydrogen-bond donors (Lipinski definition) is 1. The van der Waals surface area contributed by atoms with E-state index in [1.54, 1.807) is 0 Å². The van der Waals surface area contributed by atoms with Gasteiger partial charge < -0.3 is 10.2 Å². The van der Waals surface area contributed by atoms with Crippen molar-refractivity contribution in [2.45, 2.75) is 17.1 Å². The van der Waals surface area contributed by atoms with E-state index in [2.05, 4.69) is 47.4 Å². The molecule has 1 aromatic carbocycles. The quantitative estimate of drug-likeness (QED) is 0.821. The van der Waals surface area contributed by atoms with Crippen molar-refractivity contribution in [1.82, 2.24) is 5.32 Å². The lowest BCUT2D eigenvalue weighted by Crippen LogP contribution is -2.40. The molecular weight excluding hydrogens is 230 g/mol. The van der Waals surface area contributed by atoms with Gasteiger partial charge in [-0.1, -0.05) is 6.07 Å². The summed E-state index contributed by atoms with van der Waals surface area (Å²) in [5.74, 6) is 1.18. The fourth-order valence-electron chi connectivity index (χ4n) is 2.34. The van der Waals surface area contributed by atoms with Crippen LogP contribution >= 0.6 is 11.8 Å². The maximum absolute atomic E-state index is 4.55. The number of rotatable bonds is 1. The Morgan fingerprint density at radius 2 is 2.35 bits per heavy atom. The Balaban J connectivity index is 1.91. The van der Waals surface area contributed by atoms with Gasteiger partial charge in [-0.15, -0.1) is 11.8 Å². The predicted molar refractivity (Wildman–Crippen MR) is 74.4 cm³/mol.